The van der Waals surface area contributed by atoms with E-state index in [-0.39, 0.29) is 23.3 Å². The molecule has 0 bridgehead atoms. The predicted molar refractivity (Wildman–Crippen MR) is 108 cm³/mol. The summed E-state index contributed by atoms with van der Waals surface area (Å²) in [5.41, 5.74) is 1.28. The van der Waals surface area contributed by atoms with Gasteiger partial charge in [-0.15, -0.1) is 5.10 Å². The number of halogens is 2. The minimum atomic E-state index is -0.541. The highest BCUT2D eigenvalue weighted by atomic mass is 32.1. The summed E-state index contributed by atoms with van der Waals surface area (Å²) < 4.78 is 30.9. The van der Waals surface area contributed by atoms with E-state index in [9.17, 15) is 13.6 Å². The molecule has 2 fully saturated rings. The summed E-state index contributed by atoms with van der Waals surface area (Å²) in [5, 5.41) is 7.13. The molecule has 1 aliphatic carbocycles. The summed E-state index contributed by atoms with van der Waals surface area (Å²) >= 11 is 1.29. The van der Waals surface area contributed by atoms with Crippen LogP contribution in [0.5, 0.6) is 0 Å². The van der Waals surface area contributed by atoms with Gasteiger partial charge in [0.15, 0.2) is 5.69 Å². The maximum atomic E-state index is 13.9. The lowest BCUT2D eigenvalue weighted by atomic mass is 9.60. The summed E-state index contributed by atoms with van der Waals surface area (Å²) in [5.74, 6) is -0.903. The molecule has 1 amide bonds. The van der Waals surface area contributed by atoms with E-state index in [2.05, 4.69) is 19.8 Å². The third-order valence-electron chi connectivity index (χ3n) is 6.27. The first-order valence-corrected chi connectivity index (χ1v) is 10.9. The first kappa shape index (κ1) is 20.3. The van der Waals surface area contributed by atoms with Crippen molar-refractivity contribution in [1.29, 1.82) is 0 Å². The van der Waals surface area contributed by atoms with Gasteiger partial charge in [-0.25, -0.2) is 8.78 Å². The molecule has 29 heavy (non-hydrogen) atoms. The van der Waals surface area contributed by atoms with Gasteiger partial charge in [-0.2, -0.15) is 0 Å². The van der Waals surface area contributed by atoms with Crippen LogP contribution in [0.4, 0.5) is 8.78 Å². The first-order chi connectivity index (χ1) is 13.8. The Balaban J connectivity index is 1.26. The lowest BCUT2D eigenvalue weighted by Crippen LogP contribution is -2.54. The molecule has 8 heteroatoms. The van der Waals surface area contributed by atoms with Crippen LogP contribution in [0.2, 0.25) is 0 Å². The van der Waals surface area contributed by atoms with Crippen LogP contribution in [0.25, 0.3) is 0 Å². The van der Waals surface area contributed by atoms with Crippen LogP contribution < -0.4 is 5.32 Å². The Morgan fingerprint density at radius 3 is 2.69 bits per heavy atom. The number of carbonyl (C=O) groups excluding carboxylic acids is 1. The number of amides is 1. The van der Waals surface area contributed by atoms with Crippen LogP contribution in [0, 0.1) is 17.0 Å². The van der Waals surface area contributed by atoms with Crippen molar-refractivity contribution in [2.75, 3.05) is 13.1 Å². The van der Waals surface area contributed by atoms with E-state index in [1.165, 1.54) is 23.7 Å². The molecule has 1 aromatic heterocycles. The lowest BCUT2D eigenvalue weighted by molar-refractivity contribution is 0.00435. The number of carbonyl (C=O) groups is 1. The Morgan fingerprint density at radius 1 is 1.31 bits per heavy atom. The largest absolute Gasteiger partial charge is 0.348 e. The minimum Gasteiger partial charge on any atom is -0.348 e. The smallest absolute Gasteiger partial charge is 0.273 e. The molecular formula is C21H26F2N4OS. The molecule has 1 saturated carbocycles. The van der Waals surface area contributed by atoms with Gasteiger partial charge in [0.2, 0.25) is 0 Å². The van der Waals surface area contributed by atoms with Gasteiger partial charge in [0.1, 0.15) is 11.6 Å². The summed E-state index contributed by atoms with van der Waals surface area (Å²) in [6.07, 6.45) is 4.04. The topological polar surface area (TPSA) is 58.1 Å². The van der Waals surface area contributed by atoms with Crippen LogP contribution >= 0.6 is 11.5 Å². The fourth-order valence-electron chi connectivity index (χ4n) is 4.56. The molecule has 1 spiro atoms. The molecule has 2 heterocycles. The van der Waals surface area contributed by atoms with E-state index in [0.29, 0.717) is 17.8 Å². The van der Waals surface area contributed by atoms with Gasteiger partial charge in [-0.3, -0.25) is 9.69 Å². The first-order valence-electron chi connectivity index (χ1n) is 10.1. The third kappa shape index (κ3) is 4.33. The van der Waals surface area contributed by atoms with Crippen molar-refractivity contribution in [2.45, 2.75) is 58.0 Å². The fourth-order valence-corrected chi connectivity index (χ4v) is 5.20. The second-order valence-corrected chi connectivity index (χ2v) is 9.52. The van der Waals surface area contributed by atoms with Crippen LogP contribution in [-0.4, -0.2) is 39.5 Å². The van der Waals surface area contributed by atoms with Crippen LogP contribution in [0.15, 0.2) is 18.2 Å². The molecule has 1 N–H and O–H groups in total. The van der Waals surface area contributed by atoms with E-state index < -0.39 is 11.6 Å². The van der Waals surface area contributed by atoms with Gasteiger partial charge in [0.25, 0.3) is 5.91 Å². The highest BCUT2D eigenvalue weighted by Crippen LogP contribution is 2.49. The fraction of sp³-hybridized carbons (Fsp3) is 0.571. The maximum absolute atomic E-state index is 13.9. The highest BCUT2D eigenvalue weighted by molar-refractivity contribution is 7.05. The lowest BCUT2D eigenvalue weighted by Gasteiger charge is -2.52. The van der Waals surface area contributed by atoms with E-state index in [4.69, 9.17) is 0 Å². The van der Waals surface area contributed by atoms with Gasteiger partial charge in [0, 0.05) is 24.2 Å². The average Bonchev–Trinajstić information content (AvgIpc) is 3.14. The number of benzene rings is 1. The Hall–Kier alpha value is -1.93. The van der Waals surface area contributed by atoms with Gasteiger partial charge in [-0.05, 0) is 67.7 Å². The van der Waals surface area contributed by atoms with Crippen molar-refractivity contribution in [3.8, 4) is 0 Å². The number of hydrogen-bond donors (Lipinski definition) is 1. The molecule has 1 saturated heterocycles. The Morgan fingerprint density at radius 2 is 2.03 bits per heavy atom. The van der Waals surface area contributed by atoms with Gasteiger partial charge in [-0.1, -0.05) is 24.4 Å². The number of piperidine rings is 1. The molecule has 2 aromatic rings. The predicted octanol–water partition coefficient (Wildman–Crippen LogP) is 4.11. The highest BCUT2D eigenvalue weighted by Gasteiger charge is 2.46. The zero-order chi connectivity index (χ0) is 20.6. The molecule has 1 aromatic carbocycles. The number of aromatic nitrogens is 2. The quantitative estimate of drug-likeness (QED) is 0.791. The van der Waals surface area contributed by atoms with Gasteiger partial charge in [0.05, 0.1) is 4.88 Å². The SMILES string of the molecule is CC(C)c1snnc1C(=O)NC1CC2(CCN(Cc3ccc(F)cc3F)CC2)C1. The summed E-state index contributed by atoms with van der Waals surface area (Å²) in [7, 11) is 0. The molecule has 0 radical (unpaired) electrons. The molecule has 0 atom stereocenters. The molecular weight excluding hydrogens is 394 g/mol. The molecule has 4 rings (SSSR count). The van der Waals surface area contributed by atoms with Crippen LogP contribution in [0.3, 0.4) is 0 Å². The Kier molecular flexibility index (Phi) is 5.66. The number of likely N-dealkylation sites (tertiary alicyclic amines) is 1. The zero-order valence-corrected chi connectivity index (χ0v) is 17.6. The molecule has 156 valence electrons. The summed E-state index contributed by atoms with van der Waals surface area (Å²) in [6.45, 7) is 6.37. The van der Waals surface area contributed by atoms with Crippen molar-refractivity contribution in [2.24, 2.45) is 5.41 Å². The second-order valence-electron chi connectivity index (χ2n) is 8.73. The second kappa shape index (κ2) is 8.07. The monoisotopic (exact) mass is 420 g/mol. The van der Waals surface area contributed by atoms with E-state index in [1.54, 1.807) is 0 Å². The van der Waals surface area contributed by atoms with Crippen LogP contribution in [-0.2, 0) is 6.54 Å². The molecule has 1 aliphatic heterocycles. The molecule has 0 unspecified atom stereocenters. The summed E-state index contributed by atoms with van der Waals surface area (Å²) in [4.78, 5) is 15.7. The number of nitrogens with one attached hydrogen (secondary N) is 1. The average molecular weight is 421 g/mol. The number of nitrogens with zero attached hydrogens (tertiary/aromatic N) is 3. The summed E-state index contributed by atoms with van der Waals surface area (Å²) in [6, 6.07) is 3.97. The van der Waals surface area contributed by atoms with Gasteiger partial charge >= 0.3 is 0 Å². The standard InChI is InChI=1S/C21H26F2N4OS/c1-13(2)19-18(25-26-29-19)20(28)24-16-10-21(11-16)5-7-27(8-6-21)12-14-3-4-15(22)9-17(14)23/h3-4,9,13,16H,5-8,10-12H2,1-2H3,(H,24,28). The zero-order valence-electron chi connectivity index (χ0n) is 16.8. The van der Waals surface area contributed by atoms with Gasteiger partial charge < -0.3 is 5.32 Å². The van der Waals surface area contributed by atoms with Crippen molar-refractivity contribution < 1.29 is 13.6 Å². The van der Waals surface area contributed by atoms with Crippen LogP contribution in [0.1, 0.15) is 66.4 Å². The van der Waals surface area contributed by atoms with Crippen molar-refractivity contribution in [1.82, 2.24) is 19.8 Å². The Bertz CT molecular complexity index is 885. The molecule has 5 nitrogen and oxygen atoms in total. The number of hydrogen-bond acceptors (Lipinski definition) is 5. The maximum Gasteiger partial charge on any atom is 0.273 e. The van der Waals surface area contributed by atoms with Crippen molar-refractivity contribution in [3.05, 3.63) is 46.0 Å². The van der Waals surface area contributed by atoms with Crippen molar-refractivity contribution in [3.63, 3.8) is 0 Å². The van der Waals surface area contributed by atoms with Crippen molar-refractivity contribution >= 4 is 17.4 Å². The van der Waals surface area contributed by atoms with E-state index in [1.807, 2.05) is 13.8 Å². The van der Waals surface area contributed by atoms with E-state index >= 15 is 0 Å². The third-order valence-corrected chi connectivity index (χ3v) is 7.30. The minimum absolute atomic E-state index is 0.119. The number of rotatable bonds is 5. The van der Waals surface area contributed by atoms with E-state index in [0.717, 1.165) is 49.7 Å². The molecule has 2 aliphatic rings. The normalized spacial score (nSPS) is 19.5. The Labute approximate surface area is 173 Å².